The van der Waals surface area contributed by atoms with Gasteiger partial charge in [-0.05, 0) is 37.1 Å². The summed E-state index contributed by atoms with van der Waals surface area (Å²) in [5, 5.41) is 2.39. The zero-order chi connectivity index (χ0) is 16.7. The quantitative estimate of drug-likeness (QED) is 0.897. The number of hydrogen-bond acceptors (Lipinski definition) is 4. The number of benzene rings is 1. The predicted octanol–water partition coefficient (Wildman–Crippen LogP) is 1.80. The molecule has 7 heteroatoms. The Kier molecular flexibility index (Phi) is 6.19. The number of amides is 2. The molecule has 1 N–H and O–H groups in total. The number of likely N-dealkylation sites (tertiary alicyclic amines) is 1. The second-order valence-electron chi connectivity index (χ2n) is 5.46. The number of rotatable bonds is 5. The number of piperidine rings is 1. The third kappa shape index (κ3) is 5.43. The van der Waals surface area contributed by atoms with Crippen molar-refractivity contribution in [2.45, 2.75) is 12.8 Å². The van der Waals surface area contributed by atoms with Crippen molar-refractivity contribution in [2.24, 2.45) is 5.92 Å². The Morgan fingerprint density at radius 3 is 2.78 bits per heavy atom. The van der Waals surface area contributed by atoms with Gasteiger partial charge in [-0.3, -0.25) is 4.79 Å². The maximum absolute atomic E-state index is 12.8. The third-order valence-corrected chi connectivity index (χ3v) is 3.74. The third-order valence-electron chi connectivity index (χ3n) is 3.74. The number of methoxy groups -OCH3 is 1. The summed E-state index contributed by atoms with van der Waals surface area (Å²) in [6.45, 7) is 1.66. The zero-order valence-corrected chi connectivity index (χ0v) is 13.1. The molecule has 1 fully saturated rings. The number of hydrogen-bond donors (Lipinski definition) is 1. The van der Waals surface area contributed by atoms with E-state index in [1.54, 1.807) is 17.0 Å². The van der Waals surface area contributed by atoms with Gasteiger partial charge in [0, 0.05) is 19.0 Å². The van der Waals surface area contributed by atoms with E-state index in [1.807, 2.05) is 0 Å². The van der Waals surface area contributed by atoms with E-state index in [2.05, 4.69) is 10.1 Å². The van der Waals surface area contributed by atoms with Crippen LogP contribution in [0.3, 0.4) is 0 Å². The van der Waals surface area contributed by atoms with E-state index in [1.165, 1.54) is 19.2 Å². The molecule has 1 aliphatic heterocycles. The number of alkyl carbamates (subject to hydrolysis) is 1. The summed E-state index contributed by atoms with van der Waals surface area (Å²) >= 11 is 0. The van der Waals surface area contributed by atoms with E-state index in [-0.39, 0.29) is 24.2 Å². The molecule has 0 radical (unpaired) electrons. The van der Waals surface area contributed by atoms with Crippen LogP contribution in [0.5, 0.6) is 5.75 Å². The molecule has 1 saturated heterocycles. The van der Waals surface area contributed by atoms with Crippen molar-refractivity contribution >= 4 is 12.0 Å². The lowest BCUT2D eigenvalue weighted by Gasteiger charge is -2.32. The Balaban J connectivity index is 1.77. The molecule has 1 aliphatic rings. The summed E-state index contributed by atoms with van der Waals surface area (Å²) < 4.78 is 22.9. The fourth-order valence-electron chi connectivity index (χ4n) is 2.50. The van der Waals surface area contributed by atoms with Crippen molar-refractivity contribution in [3.05, 3.63) is 30.1 Å². The standard InChI is InChI=1S/C16H21FN2O4/c1-22-16(21)18-9-15(20)19-8-2-3-12(10-19)11-23-14-6-4-13(17)5-7-14/h4-7,12H,2-3,8-11H2,1H3,(H,18,21)/t12-/m1/s1. The second kappa shape index (κ2) is 8.36. The first-order valence-corrected chi connectivity index (χ1v) is 7.56. The summed E-state index contributed by atoms with van der Waals surface area (Å²) in [5.41, 5.74) is 0. The summed E-state index contributed by atoms with van der Waals surface area (Å²) in [6, 6.07) is 5.87. The average molecular weight is 324 g/mol. The lowest BCUT2D eigenvalue weighted by molar-refractivity contribution is -0.132. The molecule has 1 aromatic carbocycles. The lowest BCUT2D eigenvalue weighted by Crippen LogP contribution is -2.46. The topological polar surface area (TPSA) is 67.9 Å². The molecule has 1 aromatic rings. The molecule has 1 heterocycles. The molecule has 23 heavy (non-hydrogen) atoms. The van der Waals surface area contributed by atoms with Crippen LogP contribution < -0.4 is 10.1 Å². The normalized spacial score (nSPS) is 17.5. The van der Waals surface area contributed by atoms with E-state index in [0.717, 1.165) is 12.8 Å². The first-order chi connectivity index (χ1) is 11.1. The largest absolute Gasteiger partial charge is 0.493 e. The molecule has 0 bridgehead atoms. The molecule has 6 nitrogen and oxygen atoms in total. The minimum atomic E-state index is -0.619. The van der Waals surface area contributed by atoms with Crippen LogP contribution >= 0.6 is 0 Å². The first-order valence-electron chi connectivity index (χ1n) is 7.56. The monoisotopic (exact) mass is 324 g/mol. The second-order valence-corrected chi connectivity index (χ2v) is 5.46. The zero-order valence-electron chi connectivity index (χ0n) is 13.1. The Morgan fingerprint density at radius 2 is 2.09 bits per heavy atom. The number of ether oxygens (including phenoxy) is 2. The minimum Gasteiger partial charge on any atom is -0.493 e. The fourth-order valence-corrected chi connectivity index (χ4v) is 2.50. The molecule has 2 amide bonds. The highest BCUT2D eigenvalue weighted by Gasteiger charge is 2.24. The molecule has 0 aliphatic carbocycles. The van der Waals surface area contributed by atoms with Crippen LogP contribution in [0.25, 0.3) is 0 Å². The van der Waals surface area contributed by atoms with E-state index in [4.69, 9.17) is 4.74 Å². The fraction of sp³-hybridized carbons (Fsp3) is 0.500. The highest BCUT2D eigenvalue weighted by molar-refractivity contribution is 5.82. The van der Waals surface area contributed by atoms with E-state index in [9.17, 15) is 14.0 Å². The summed E-state index contributed by atoms with van der Waals surface area (Å²) in [6.07, 6.45) is 1.24. The van der Waals surface area contributed by atoms with Crippen molar-refractivity contribution in [3.8, 4) is 5.75 Å². The van der Waals surface area contributed by atoms with Crippen LogP contribution in [0.2, 0.25) is 0 Å². The SMILES string of the molecule is COC(=O)NCC(=O)N1CCC[C@@H](COc2ccc(F)cc2)C1. The number of carbonyl (C=O) groups is 2. The van der Waals surface area contributed by atoms with Crippen LogP contribution in [-0.4, -0.2) is 50.3 Å². The van der Waals surface area contributed by atoms with Crippen LogP contribution in [0.4, 0.5) is 9.18 Å². The van der Waals surface area contributed by atoms with Gasteiger partial charge in [0.05, 0.1) is 13.7 Å². The van der Waals surface area contributed by atoms with Crippen molar-refractivity contribution < 1.29 is 23.5 Å². The van der Waals surface area contributed by atoms with Crippen molar-refractivity contribution in [1.82, 2.24) is 10.2 Å². The molecule has 1 atom stereocenters. The van der Waals surface area contributed by atoms with Crippen LogP contribution in [0, 0.1) is 11.7 Å². The lowest BCUT2D eigenvalue weighted by atomic mass is 9.99. The molecule has 0 unspecified atom stereocenters. The van der Waals surface area contributed by atoms with Gasteiger partial charge in [-0.1, -0.05) is 0 Å². The highest BCUT2D eigenvalue weighted by Crippen LogP contribution is 2.19. The highest BCUT2D eigenvalue weighted by atomic mass is 19.1. The van der Waals surface area contributed by atoms with Gasteiger partial charge in [0.1, 0.15) is 18.1 Å². The van der Waals surface area contributed by atoms with Crippen LogP contribution in [0.1, 0.15) is 12.8 Å². The Bertz CT molecular complexity index is 535. The predicted molar refractivity (Wildman–Crippen MR) is 81.6 cm³/mol. The minimum absolute atomic E-state index is 0.0712. The van der Waals surface area contributed by atoms with E-state index >= 15 is 0 Å². The number of nitrogens with one attached hydrogen (secondary N) is 1. The van der Waals surface area contributed by atoms with E-state index in [0.29, 0.717) is 25.4 Å². The van der Waals surface area contributed by atoms with Gasteiger partial charge in [-0.25, -0.2) is 9.18 Å². The number of halogens is 1. The first kappa shape index (κ1) is 17.1. The molecule has 0 aromatic heterocycles. The number of carbonyl (C=O) groups excluding carboxylic acids is 2. The summed E-state index contributed by atoms with van der Waals surface area (Å²) in [5.74, 6) is 0.393. The molecule has 126 valence electrons. The molecular formula is C16H21FN2O4. The van der Waals surface area contributed by atoms with Crippen molar-refractivity contribution in [1.29, 1.82) is 0 Å². The van der Waals surface area contributed by atoms with Crippen LogP contribution in [-0.2, 0) is 9.53 Å². The van der Waals surface area contributed by atoms with Gasteiger partial charge in [0.15, 0.2) is 0 Å². The van der Waals surface area contributed by atoms with Gasteiger partial charge in [-0.15, -0.1) is 0 Å². The summed E-state index contributed by atoms with van der Waals surface area (Å²) in [4.78, 5) is 24.8. The molecule has 0 saturated carbocycles. The molecule has 2 rings (SSSR count). The van der Waals surface area contributed by atoms with Gasteiger partial charge < -0.3 is 19.7 Å². The molecule has 0 spiro atoms. The van der Waals surface area contributed by atoms with Gasteiger partial charge in [0.2, 0.25) is 5.91 Å². The number of nitrogens with zero attached hydrogens (tertiary/aromatic N) is 1. The Labute approximate surface area is 134 Å². The molecular weight excluding hydrogens is 303 g/mol. The van der Waals surface area contributed by atoms with Gasteiger partial charge in [0.25, 0.3) is 0 Å². The van der Waals surface area contributed by atoms with E-state index < -0.39 is 6.09 Å². The Hall–Kier alpha value is -2.31. The van der Waals surface area contributed by atoms with Gasteiger partial charge >= 0.3 is 6.09 Å². The maximum Gasteiger partial charge on any atom is 0.407 e. The maximum atomic E-state index is 12.8. The Morgan fingerprint density at radius 1 is 1.35 bits per heavy atom. The van der Waals surface area contributed by atoms with Crippen molar-refractivity contribution in [2.75, 3.05) is 33.4 Å². The van der Waals surface area contributed by atoms with Crippen LogP contribution in [0.15, 0.2) is 24.3 Å². The smallest absolute Gasteiger partial charge is 0.407 e. The summed E-state index contributed by atoms with van der Waals surface area (Å²) in [7, 11) is 1.25. The average Bonchev–Trinajstić information content (AvgIpc) is 2.59. The van der Waals surface area contributed by atoms with Crippen molar-refractivity contribution in [3.63, 3.8) is 0 Å². The van der Waals surface area contributed by atoms with Gasteiger partial charge in [-0.2, -0.15) is 0 Å².